The predicted octanol–water partition coefficient (Wildman–Crippen LogP) is 1.42. The molecule has 1 aliphatic heterocycles. The lowest BCUT2D eigenvalue weighted by atomic mass is 10.1. The van der Waals surface area contributed by atoms with Crippen LogP contribution in [0.1, 0.15) is 16.8 Å². The number of ether oxygens (including phenoxy) is 2. The Bertz CT molecular complexity index is 630. The molecule has 8 heteroatoms. The smallest absolute Gasteiger partial charge is 0.340 e. The molecule has 2 N–H and O–H groups in total. The molecule has 2 amide bonds. The van der Waals surface area contributed by atoms with Gasteiger partial charge in [-0.2, -0.15) is 0 Å². The van der Waals surface area contributed by atoms with Crippen LogP contribution in [-0.2, 0) is 9.53 Å². The molecule has 1 aromatic carbocycles. The van der Waals surface area contributed by atoms with E-state index in [0.717, 1.165) is 0 Å². The summed E-state index contributed by atoms with van der Waals surface area (Å²) < 4.78 is 9.75. The zero-order chi connectivity index (χ0) is 17.0. The summed E-state index contributed by atoms with van der Waals surface area (Å²) in [6.45, 7) is 0.497. The van der Waals surface area contributed by atoms with Crippen LogP contribution in [0.5, 0.6) is 5.75 Å². The van der Waals surface area contributed by atoms with Crippen LogP contribution in [0.15, 0.2) is 18.2 Å². The highest BCUT2D eigenvalue weighted by Crippen LogP contribution is 2.24. The Hall–Kier alpha value is -2.77. The number of anilines is 1. The standard InChI is InChI=1S/C15H18N2O6/c1-22-10-3-4-12(11(7-10)14(20)23-2)16-15(21)17-6-5-9(8-17)13(18)19/h3-4,7,9H,5-6,8H2,1-2H3,(H,16,21)(H,18,19). The maximum absolute atomic E-state index is 12.2. The summed E-state index contributed by atoms with van der Waals surface area (Å²) in [5.41, 5.74) is 0.440. The van der Waals surface area contributed by atoms with Gasteiger partial charge >= 0.3 is 18.0 Å². The molecule has 0 aromatic heterocycles. The Kier molecular flexibility index (Phi) is 5.05. The molecule has 1 saturated heterocycles. The fourth-order valence-electron chi connectivity index (χ4n) is 2.38. The van der Waals surface area contributed by atoms with Crippen LogP contribution in [-0.4, -0.2) is 55.3 Å². The summed E-state index contributed by atoms with van der Waals surface area (Å²) in [4.78, 5) is 36.4. The third-order valence-corrected chi connectivity index (χ3v) is 3.70. The van der Waals surface area contributed by atoms with Gasteiger partial charge in [0, 0.05) is 13.1 Å². The van der Waals surface area contributed by atoms with Crippen LogP contribution in [0.25, 0.3) is 0 Å². The first-order valence-electron chi connectivity index (χ1n) is 7.01. The average Bonchev–Trinajstić information content (AvgIpc) is 3.04. The Balaban J connectivity index is 2.14. The fraction of sp³-hybridized carbons (Fsp3) is 0.400. The molecule has 0 saturated carbocycles. The van der Waals surface area contributed by atoms with Gasteiger partial charge in [0.1, 0.15) is 5.75 Å². The number of hydrogen-bond acceptors (Lipinski definition) is 5. The van der Waals surface area contributed by atoms with E-state index in [4.69, 9.17) is 14.6 Å². The number of hydrogen-bond donors (Lipinski definition) is 2. The molecule has 0 aliphatic carbocycles. The van der Waals surface area contributed by atoms with Crippen molar-refractivity contribution in [1.82, 2.24) is 4.90 Å². The van der Waals surface area contributed by atoms with Gasteiger partial charge in [-0.25, -0.2) is 9.59 Å². The predicted molar refractivity (Wildman–Crippen MR) is 80.7 cm³/mol. The lowest BCUT2D eigenvalue weighted by molar-refractivity contribution is -0.141. The molecule has 0 radical (unpaired) electrons. The monoisotopic (exact) mass is 322 g/mol. The summed E-state index contributed by atoms with van der Waals surface area (Å²) in [6.07, 6.45) is 0.412. The van der Waals surface area contributed by atoms with Crippen LogP contribution < -0.4 is 10.1 Å². The first kappa shape index (κ1) is 16.6. The Morgan fingerprint density at radius 2 is 2.04 bits per heavy atom. The summed E-state index contributed by atoms with van der Waals surface area (Å²) in [5.74, 6) is -1.63. The van der Waals surface area contributed by atoms with Gasteiger partial charge in [-0.15, -0.1) is 0 Å². The molecule has 23 heavy (non-hydrogen) atoms. The maximum atomic E-state index is 12.2. The van der Waals surface area contributed by atoms with E-state index < -0.39 is 23.9 Å². The minimum Gasteiger partial charge on any atom is -0.497 e. The van der Waals surface area contributed by atoms with Gasteiger partial charge in [-0.05, 0) is 24.6 Å². The lowest BCUT2D eigenvalue weighted by Crippen LogP contribution is -2.34. The number of carboxylic acids is 1. The van der Waals surface area contributed by atoms with E-state index in [9.17, 15) is 14.4 Å². The topological polar surface area (TPSA) is 105 Å². The van der Waals surface area contributed by atoms with E-state index in [1.54, 1.807) is 6.07 Å². The second-order valence-corrected chi connectivity index (χ2v) is 5.10. The third-order valence-electron chi connectivity index (χ3n) is 3.70. The number of carboxylic acid groups (broad SMARTS) is 1. The van der Waals surface area contributed by atoms with Gasteiger partial charge in [0.25, 0.3) is 0 Å². The van der Waals surface area contributed by atoms with Crippen molar-refractivity contribution in [3.63, 3.8) is 0 Å². The van der Waals surface area contributed by atoms with Crippen molar-refractivity contribution >= 4 is 23.7 Å². The molecular weight excluding hydrogens is 304 g/mol. The molecule has 1 aliphatic rings. The van der Waals surface area contributed by atoms with Crippen molar-refractivity contribution in [2.45, 2.75) is 6.42 Å². The van der Waals surface area contributed by atoms with E-state index in [-0.39, 0.29) is 17.8 Å². The van der Waals surface area contributed by atoms with Crippen LogP contribution in [0, 0.1) is 5.92 Å². The lowest BCUT2D eigenvalue weighted by Gasteiger charge is -2.18. The highest BCUT2D eigenvalue weighted by Gasteiger charge is 2.31. The number of likely N-dealkylation sites (tertiary alicyclic amines) is 1. The van der Waals surface area contributed by atoms with Crippen molar-refractivity contribution in [2.75, 3.05) is 32.6 Å². The van der Waals surface area contributed by atoms with E-state index >= 15 is 0 Å². The molecule has 1 heterocycles. The van der Waals surface area contributed by atoms with Crippen LogP contribution in [0.2, 0.25) is 0 Å². The van der Waals surface area contributed by atoms with Crippen LogP contribution >= 0.6 is 0 Å². The van der Waals surface area contributed by atoms with E-state index in [2.05, 4.69) is 5.32 Å². The van der Waals surface area contributed by atoms with Crippen molar-refractivity contribution in [1.29, 1.82) is 0 Å². The van der Waals surface area contributed by atoms with Gasteiger partial charge in [0.05, 0.1) is 31.4 Å². The van der Waals surface area contributed by atoms with Crippen molar-refractivity contribution < 1.29 is 29.0 Å². The first-order valence-corrected chi connectivity index (χ1v) is 7.01. The summed E-state index contributed by atoms with van der Waals surface area (Å²) in [6, 6.07) is 4.15. The second-order valence-electron chi connectivity index (χ2n) is 5.10. The van der Waals surface area contributed by atoms with Gasteiger partial charge in [-0.1, -0.05) is 0 Å². The number of nitrogens with one attached hydrogen (secondary N) is 1. The number of esters is 1. The molecule has 0 spiro atoms. The number of benzene rings is 1. The summed E-state index contributed by atoms with van der Waals surface area (Å²) in [7, 11) is 2.70. The third kappa shape index (κ3) is 3.71. The first-order chi connectivity index (χ1) is 11.0. The molecule has 1 aromatic rings. The quantitative estimate of drug-likeness (QED) is 0.812. The van der Waals surface area contributed by atoms with Crippen LogP contribution in [0.4, 0.5) is 10.5 Å². The number of nitrogens with zero attached hydrogens (tertiary/aromatic N) is 1. The van der Waals surface area contributed by atoms with E-state index in [1.165, 1.54) is 31.3 Å². The van der Waals surface area contributed by atoms with Gasteiger partial charge in [0.2, 0.25) is 0 Å². The molecule has 1 unspecified atom stereocenters. The Morgan fingerprint density at radius 3 is 2.61 bits per heavy atom. The van der Waals surface area contributed by atoms with Gasteiger partial charge in [0.15, 0.2) is 0 Å². The van der Waals surface area contributed by atoms with E-state index in [0.29, 0.717) is 18.7 Å². The number of rotatable bonds is 4. The highest BCUT2D eigenvalue weighted by molar-refractivity contribution is 6.01. The van der Waals surface area contributed by atoms with Crippen molar-refractivity contribution in [3.05, 3.63) is 23.8 Å². The molecular formula is C15H18N2O6. The number of methoxy groups -OCH3 is 2. The summed E-state index contributed by atoms with van der Waals surface area (Å²) >= 11 is 0. The van der Waals surface area contributed by atoms with Gasteiger partial charge < -0.3 is 24.8 Å². The fourth-order valence-corrected chi connectivity index (χ4v) is 2.38. The number of amides is 2. The van der Waals surface area contributed by atoms with Gasteiger partial charge in [-0.3, -0.25) is 4.79 Å². The highest BCUT2D eigenvalue weighted by atomic mass is 16.5. The number of carbonyl (C=O) groups excluding carboxylic acids is 2. The molecule has 8 nitrogen and oxygen atoms in total. The molecule has 1 atom stereocenters. The number of carbonyl (C=O) groups is 3. The summed E-state index contributed by atoms with van der Waals surface area (Å²) in [5, 5.41) is 11.6. The normalized spacial score (nSPS) is 16.8. The maximum Gasteiger partial charge on any atom is 0.340 e. The molecule has 2 rings (SSSR count). The average molecular weight is 322 g/mol. The number of urea groups is 1. The zero-order valence-corrected chi connectivity index (χ0v) is 12.9. The largest absolute Gasteiger partial charge is 0.497 e. The van der Waals surface area contributed by atoms with Crippen molar-refractivity contribution in [2.24, 2.45) is 5.92 Å². The van der Waals surface area contributed by atoms with E-state index in [1.807, 2.05) is 0 Å². The number of aliphatic carboxylic acids is 1. The zero-order valence-electron chi connectivity index (χ0n) is 12.9. The molecule has 1 fully saturated rings. The molecule has 124 valence electrons. The van der Waals surface area contributed by atoms with Crippen LogP contribution in [0.3, 0.4) is 0 Å². The SMILES string of the molecule is COC(=O)c1cc(OC)ccc1NC(=O)N1CCC(C(=O)O)C1. The minimum atomic E-state index is -0.917. The van der Waals surface area contributed by atoms with Crippen molar-refractivity contribution in [3.8, 4) is 5.75 Å². The Morgan fingerprint density at radius 1 is 1.30 bits per heavy atom. The Labute approximate surface area is 133 Å². The molecule has 0 bridgehead atoms. The second kappa shape index (κ2) is 6.99. The minimum absolute atomic E-state index is 0.144.